The van der Waals surface area contributed by atoms with Crippen LogP contribution in [-0.4, -0.2) is 221 Å². The number of aliphatic imine (C=N–C) groups is 1. The number of aliphatic carboxylic acids is 1. The predicted molar refractivity (Wildman–Crippen MR) is 410 cm³/mol. The maximum atomic E-state index is 14.3. The van der Waals surface area contributed by atoms with Gasteiger partial charge in [0.25, 0.3) is 20.2 Å². The molecule has 5 heterocycles. The summed E-state index contributed by atoms with van der Waals surface area (Å²) in [4.78, 5) is 119. The molecule has 27 nitrogen and oxygen atoms in total. The summed E-state index contributed by atoms with van der Waals surface area (Å²) in [6.07, 6.45) is 21.3. The Hall–Kier alpha value is -7.26. The number of carbonyl (C=O) groups excluding carboxylic acids is 7. The smallest absolute Gasteiger partial charge is 0.307 e. The van der Waals surface area contributed by atoms with Gasteiger partial charge in [0.1, 0.15) is 42.3 Å². The van der Waals surface area contributed by atoms with Crippen LogP contribution in [0.1, 0.15) is 167 Å². The number of nitrogens with two attached hydrogens (primary N) is 3. The molecule has 0 saturated carbocycles. The molecule has 0 aliphatic carbocycles. The van der Waals surface area contributed by atoms with E-state index in [0.717, 1.165) is 58.9 Å². The Bertz CT molecular complexity index is 3890. The lowest BCUT2D eigenvalue weighted by molar-refractivity contribution is -0.437. The molecule has 7 rings (SSSR count). The molecule has 5 aliphatic rings. The SMILES string of the molecule is CCC[N+]1=C(C=CC=CC=CC=C2N(CCCS(=O)(=O)O)c3ccc(CN(C)CCCC(=O)CCCCSSC[C@H](CC(=O)CCCNC(=O)[C@@H]4CCCN4C(=O)[C@@H]4CCCN4C(=O)[C@H](CCCN=C(N)N)NC(=O)[C@@H]4CCCN4C(=O)CN)C(=O)O)cc3C2(C)C)C(C)(C)c2cc(S(=O)(=O)O)ccc21. The molecule has 578 valence electrons. The molecule has 5 amide bonds. The number of fused-ring (bicyclic) bond motifs is 2. The second-order valence-corrected chi connectivity index (χ2v) is 34.3. The number of allylic oxidation sites excluding steroid dienone is 8. The van der Waals surface area contributed by atoms with E-state index in [0.29, 0.717) is 109 Å². The fourth-order valence-electron chi connectivity index (χ4n) is 14.6. The number of rotatable bonds is 42. The molecule has 0 spiro atoms. The summed E-state index contributed by atoms with van der Waals surface area (Å²) in [6, 6.07) is 7.53. The van der Waals surface area contributed by atoms with E-state index in [1.54, 1.807) is 12.1 Å². The van der Waals surface area contributed by atoms with Crippen molar-refractivity contribution in [2.75, 3.05) is 88.1 Å². The molecule has 0 unspecified atom stereocenters. The van der Waals surface area contributed by atoms with Gasteiger partial charge in [0.15, 0.2) is 11.7 Å². The molecule has 0 radical (unpaired) electrons. The van der Waals surface area contributed by atoms with Crippen molar-refractivity contribution in [2.45, 2.75) is 197 Å². The highest BCUT2D eigenvalue weighted by atomic mass is 33.1. The van der Waals surface area contributed by atoms with Gasteiger partial charge in [-0.1, -0.05) is 84.9 Å². The third-order valence-corrected chi connectivity index (χ3v) is 24.3. The number of guanidine groups is 1. The number of Topliss-reactive ketones (excluding diaryl/α,β-unsaturated/α-hetero) is 2. The van der Waals surface area contributed by atoms with Crippen LogP contribution in [-0.2, 0) is 76.0 Å². The van der Waals surface area contributed by atoms with Crippen molar-refractivity contribution in [3.63, 3.8) is 0 Å². The predicted octanol–water partition coefficient (Wildman–Crippen LogP) is 6.71. The Morgan fingerprint density at radius 3 is 2.11 bits per heavy atom. The first-order valence-electron chi connectivity index (χ1n) is 36.6. The van der Waals surface area contributed by atoms with Crippen LogP contribution in [0.5, 0.6) is 0 Å². The average Bonchev–Trinajstić information content (AvgIpc) is 1.59. The minimum atomic E-state index is -4.38. The highest BCUT2D eigenvalue weighted by Gasteiger charge is 2.47. The summed E-state index contributed by atoms with van der Waals surface area (Å²) in [7, 11) is -3.64. The van der Waals surface area contributed by atoms with Gasteiger partial charge in [0, 0.05) is 124 Å². The molecule has 105 heavy (non-hydrogen) atoms. The summed E-state index contributed by atoms with van der Waals surface area (Å²) >= 11 is 0. The Morgan fingerprint density at radius 2 is 1.43 bits per heavy atom. The molecule has 2 aromatic rings. The number of hydrogen-bond donors (Lipinski definition) is 8. The first-order chi connectivity index (χ1) is 49.8. The Balaban J connectivity index is 0.790. The number of carbonyl (C=O) groups is 8. The van der Waals surface area contributed by atoms with E-state index in [1.807, 2.05) is 63.4 Å². The lowest BCUT2D eigenvalue weighted by Crippen LogP contribution is -2.58. The zero-order chi connectivity index (χ0) is 76.8. The second-order valence-electron chi connectivity index (χ2n) is 28.7. The van der Waals surface area contributed by atoms with E-state index in [1.165, 1.54) is 42.4 Å². The van der Waals surface area contributed by atoms with E-state index in [2.05, 4.69) is 69.0 Å². The number of carboxylic acids is 1. The molecular formula is C74H109N12O15S4+. The number of nitrogens with one attached hydrogen (secondary N) is 2. The zero-order valence-corrected chi connectivity index (χ0v) is 64.8. The highest BCUT2D eigenvalue weighted by molar-refractivity contribution is 8.76. The molecule has 3 saturated heterocycles. The number of ketones is 2. The second kappa shape index (κ2) is 39.5. The molecule has 31 heteroatoms. The monoisotopic (exact) mass is 1530 g/mol. The number of anilines is 1. The molecule has 3 fully saturated rings. The van der Waals surface area contributed by atoms with Crippen LogP contribution in [0.4, 0.5) is 11.4 Å². The molecule has 2 aromatic carbocycles. The van der Waals surface area contributed by atoms with Gasteiger partial charge < -0.3 is 57.4 Å². The van der Waals surface area contributed by atoms with Gasteiger partial charge in [-0.2, -0.15) is 21.4 Å². The van der Waals surface area contributed by atoms with Crippen molar-refractivity contribution in [1.29, 1.82) is 0 Å². The van der Waals surface area contributed by atoms with Gasteiger partial charge in [0.05, 0.1) is 28.5 Å². The van der Waals surface area contributed by atoms with Gasteiger partial charge in [-0.3, -0.25) is 52.5 Å². The van der Waals surface area contributed by atoms with Crippen molar-refractivity contribution in [2.24, 2.45) is 28.1 Å². The number of nitrogens with zero attached hydrogens (tertiary/aromatic N) is 7. The number of unbranched alkanes of at least 4 members (excludes halogenated alkanes) is 1. The number of likely N-dealkylation sites (tertiary alicyclic amines) is 3. The van der Waals surface area contributed by atoms with Gasteiger partial charge in [-0.25, -0.2) is 0 Å². The van der Waals surface area contributed by atoms with Crippen LogP contribution < -0.4 is 32.7 Å². The van der Waals surface area contributed by atoms with Gasteiger partial charge >= 0.3 is 5.97 Å². The Morgan fingerprint density at radius 1 is 0.762 bits per heavy atom. The van der Waals surface area contributed by atoms with Crippen molar-refractivity contribution in [3.8, 4) is 0 Å². The summed E-state index contributed by atoms with van der Waals surface area (Å²) in [5.41, 5.74) is 22.4. The fraction of sp³-hybridized carbons (Fsp3) is 0.595. The van der Waals surface area contributed by atoms with Crippen LogP contribution in [0, 0.1) is 5.92 Å². The van der Waals surface area contributed by atoms with Crippen molar-refractivity contribution in [1.82, 2.24) is 30.2 Å². The number of carboxylic acid groups (broad SMARTS) is 1. The van der Waals surface area contributed by atoms with Crippen molar-refractivity contribution < 1.29 is 74.0 Å². The van der Waals surface area contributed by atoms with E-state index in [-0.39, 0.29) is 110 Å². The number of amides is 5. The van der Waals surface area contributed by atoms with Crippen LogP contribution in [0.3, 0.4) is 0 Å². The van der Waals surface area contributed by atoms with Gasteiger partial charge in [0.2, 0.25) is 35.2 Å². The minimum absolute atomic E-state index is 0.0526. The summed E-state index contributed by atoms with van der Waals surface area (Å²) in [6.45, 7) is 13.8. The largest absolute Gasteiger partial charge is 0.481 e. The third-order valence-electron chi connectivity index (χ3n) is 20.1. The Labute approximate surface area is 626 Å². The molecule has 11 N–H and O–H groups in total. The number of benzene rings is 2. The maximum Gasteiger partial charge on any atom is 0.307 e. The lowest BCUT2D eigenvalue weighted by Gasteiger charge is -2.33. The van der Waals surface area contributed by atoms with Gasteiger partial charge in [-0.05, 0) is 146 Å². The lowest BCUT2D eigenvalue weighted by atomic mass is 9.81. The fourth-order valence-corrected chi connectivity index (χ4v) is 18.1. The van der Waals surface area contributed by atoms with E-state index in [9.17, 15) is 69.4 Å². The van der Waals surface area contributed by atoms with E-state index >= 15 is 0 Å². The van der Waals surface area contributed by atoms with Crippen LogP contribution in [0.2, 0.25) is 0 Å². The molecule has 5 atom stereocenters. The molecular weight excluding hydrogens is 1430 g/mol. The highest BCUT2D eigenvalue weighted by Crippen LogP contribution is 2.48. The summed E-state index contributed by atoms with van der Waals surface area (Å²) < 4.78 is 69.1. The standard InChI is InChI=1S/C74H108N12O15S4/c1-7-37-82-60-34-32-55(105(99,100)101)47-57(60)74(4,5)64(82)29-11-9-8-10-12-30-65-73(2,3)56-45-51(31-33-59(56)83(65)42-21-44-104(96,97)98)49-81(6)38-17-24-53(87)22-13-14-43-102-103-50-52(71(94)95)46-54(88)23-15-35-78-67(90)61-26-19-40-85(61)70(93)63-28-20-41-86(63)69(92)58(25-16-36-79-72(76)77)80-68(91)62-27-18-39-84(62)66(89)48-75/h8-12,29-34,45,47,52,58,61-63H,7,13-28,35-44,46,48-50,75H2,1-6H3,(H8-,76,77,78,79,80,90,91,94,95,96,97,98,99,100,101)/p+1/t52-,58-,61-,62-,63-/m0/s1. The Kier molecular flexibility index (Phi) is 32.0. The topological polar surface area (TPSA) is 399 Å². The normalized spacial score (nSPS) is 19.5. The van der Waals surface area contributed by atoms with Crippen molar-refractivity contribution in [3.05, 3.63) is 101 Å². The average molecular weight is 1540 g/mol. The maximum absolute atomic E-state index is 14.3. The quantitative estimate of drug-likeness (QED) is 0.00651. The van der Waals surface area contributed by atoms with Crippen LogP contribution >= 0.6 is 21.6 Å². The first-order valence-corrected chi connectivity index (χ1v) is 42.1. The van der Waals surface area contributed by atoms with Gasteiger partial charge in [-0.15, -0.1) is 0 Å². The third kappa shape index (κ3) is 23.9. The minimum Gasteiger partial charge on any atom is -0.481 e. The zero-order valence-electron chi connectivity index (χ0n) is 61.5. The molecule has 0 aromatic heterocycles. The van der Waals surface area contributed by atoms with E-state index in [4.69, 9.17) is 17.2 Å². The van der Waals surface area contributed by atoms with Crippen LogP contribution in [0.25, 0.3) is 0 Å². The summed E-state index contributed by atoms with van der Waals surface area (Å²) in [5, 5.41) is 15.7. The van der Waals surface area contributed by atoms with Crippen LogP contribution in [0.15, 0.2) is 94.5 Å². The summed E-state index contributed by atoms with van der Waals surface area (Å²) in [5.74, 6) is -3.69. The first kappa shape index (κ1) is 85.0. The van der Waals surface area contributed by atoms with Crippen molar-refractivity contribution >= 4 is 112 Å². The number of hydrogen-bond acceptors (Lipinski definition) is 18. The molecule has 5 aliphatic heterocycles. The van der Waals surface area contributed by atoms with E-state index < -0.39 is 78.9 Å². The molecule has 0 bridgehead atoms.